The summed E-state index contributed by atoms with van der Waals surface area (Å²) in [6.45, 7) is 0. The van der Waals surface area contributed by atoms with Crippen molar-refractivity contribution in [3.8, 4) is 0 Å². The summed E-state index contributed by atoms with van der Waals surface area (Å²) in [7, 11) is -3.82. The number of nitrogens with one attached hydrogen (secondary N) is 1. The van der Waals surface area contributed by atoms with Gasteiger partial charge in [0, 0.05) is 9.50 Å². The molecule has 2 aromatic rings. The Balaban J connectivity index is 2.33. The highest BCUT2D eigenvalue weighted by atomic mass is 79.9. The van der Waals surface area contributed by atoms with Gasteiger partial charge in [0.2, 0.25) is 0 Å². The highest BCUT2D eigenvalue weighted by Crippen LogP contribution is 2.23. The monoisotopic (exact) mass is 363 g/mol. The topological polar surface area (TPSA) is 46.2 Å². The Hall–Kier alpha value is -1.11. The molecule has 0 unspecified atom stereocenters. The van der Waals surface area contributed by atoms with Crippen LogP contribution in [0.4, 0.5) is 10.1 Å². The van der Waals surface area contributed by atoms with Crippen LogP contribution in [0, 0.1) is 5.82 Å². The van der Waals surface area contributed by atoms with Gasteiger partial charge < -0.3 is 0 Å². The van der Waals surface area contributed by atoms with Gasteiger partial charge in [0.1, 0.15) is 5.82 Å². The molecule has 0 aliphatic carbocycles. The Morgan fingerprint density at radius 3 is 2.32 bits per heavy atom. The molecule has 0 amide bonds. The van der Waals surface area contributed by atoms with Crippen molar-refractivity contribution in [1.29, 1.82) is 0 Å². The molecule has 0 atom stereocenters. The lowest BCUT2D eigenvalue weighted by Crippen LogP contribution is -2.13. The zero-order valence-corrected chi connectivity index (χ0v) is 12.6. The molecule has 0 fully saturated rings. The molecule has 0 aliphatic rings. The predicted molar refractivity (Wildman–Crippen MR) is 76.4 cm³/mol. The van der Waals surface area contributed by atoms with Crippen LogP contribution in [0.2, 0.25) is 5.02 Å². The SMILES string of the molecule is O=S(=O)(Nc1ccc(Cl)cc1F)c1ccc(Br)cc1. The first-order chi connectivity index (χ1) is 8.88. The highest BCUT2D eigenvalue weighted by molar-refractivity contribution is 9.10. The normalized spacial score (nSPS) is 11.3. The summed E-state index contributed by atoms with van der Waals surface area (Å²) in [6.07, 6.45) is 0. The Bertz CT molecular complexity index is 704. The standard InChI is InChI=1S/C12H8BrClFNO2S/c13-8-1-4-10(5-2-8)19(17,18)16-12-6-3-9(14)7-11(12)15/h1-7,16H. The zero-order chi connectivity index (χ0) is 14.0. The van der Waals surface area contributed by atoms with E-state index in [0.717, 1.165) is 10.5 Å². The van der Waals surface area contributed by atoms with E-state index in [2.05, 4.69) is 20.7 Å². The van der Waals surface area contributed by atoms with Crippen molar-refractivity contribution in [3.05, 3.63) is 57.8 Å². The second-order valence-electron chi connectivity index (χ2n) is 3.68. The molecule has 0 aromatic heterocycles. The Labute approximate surface area is 123 Å². The first kappa shape index (κ1) is 14.3. The van der Waals surface area contributed by atoms with Crippen molar-refractivity contribution in [2.24, 2.45) is 0 Å². The highest BCUT2D eigenvalue weighted by Gasteiger charge is 2.16. The second-order valence-corrected chi connectivity index (χ2v) is 6.72. The molecule has 2 rings (SSSR count). The van der Waals surface area contributed by atoms with Gasteiger partial charge in [-0.2, -0.15) is 0 Å². The van der Waals surface area contributed by atoms with Crippen LogP contribution in [0.15, 0.2) is 51.8 Å². The molecule has 19 heavy (non-hydrogen) atoms. The molecular weight excluding hydrogens is 357 g/mol. The summed E-state index contributed by atoms with van der Waals surface area (Å²) >= 11 is 8.81. The summed E-state index contributed by atoms with van der Waals surface area (Å²) < 4.78 is 40.5. The van der Waals surface area contributed by atoms with Crippen molar-refractivity contribution in [2.75, 3.05) is 4.72 Å². The van der Waals surface area contributed by atoms with Gasteiger partial charge in [0.15, 0.2) is 0 Å². The van der Waals surface area contributed by atoms with Gasteiger partial charge in [0.25, 0.3) is 10.0 Å². The van der Waals surface area contributed by atoms with Gasteiger partial charge in [0.05, 0.1) is 10.6 Å². The predicted octanol–water partition coefficient (Wildman–Crippen LogP) is 4.04. The molecule has 7 heteroatoms. The first-order valence-electron chi connectivity index (χ1n) is 5.12. The lowest BCUT2D eigenvalue weighted by Gasteiger charge is -2.09. The van der Waals surface area contributed by atoms with Gasteiger partial charge in [-0.15, -0.1) is 0 Å². The molecule has 0 heterocycles. The summed E-state index contributed by atoms with van der Waals surface area (Å²) in [6, 6.07) is 9.74. The molecule has 0 saturated carbocycles. The van der Waals surface area contributed by atoms with Crippen LogP contribution in [0.3, 0.4) is 0 Å². The summed E-state index contributed by atoms with van der Waals surface area (Å²) in [5.41, 5.74) is -0.146. The van der Waals surface area contributed by atoms with Crippen molar-refractivity contribution in [1.82, 2.24) is 0 Å². The van der Waals surface area contributed by atoms with Crippen molar-refractivity contribution < 1.29 is 12.8 Å². The molecule has 100 valence electrons. The number of anilines is 1. The van der Waals surface area contributed by atoms with Gasteiger partial charge in [-0.25, -0.2) is 12.8 Å². The average Bonchev–Trinajstić information content (AvgIpc) is 2.33. The molecule has 1 N–H and O–H groups in total. The van der Waals surface area contributed by atoms with Crippen molar-refractivity contribution in [3.63, 3.8) is 0 Å². The molecule has 0 saturated heterocycles. The van der Waals surface area contributed by atoms with E-state index in [0.29, 0.717) is 0 Å². The first-order valence-corrected chi connectivity index (χ1v) is 7.77. The molecular formula is C12H8BrClFNO2S. The van der Waals surface area contributed by atoms with E-state index in [1.807, 2.05) is 0 Å². The average molecular weight is 365 g/mol. The van der Waals surface area contributed by atoms with Crippen LogP contribution in [-0.4, -0.2) is 8.42 Å². The largest absolute Gasteiger partial charge is 0.277 e. The third-order valence-electron chi connectivity index (χ3n) is 2.30. The zero-order valence-electron chi connectivity index (χ0n) is 9.40. The fourth-order valence-electron chi connectivity index (χ4n) is 1.39. The number of hydrogen-bond donors (Lipinski definition) is 1. The fourth-order valence-corrected chi connectivity index (χ4v) is 2.88. The van der Waals surface area contributed by atoms with Crippen LogP contribution >= 0.6 is 27.5 Å². The minimum Gasteiger partial charge on any atom is -0.277 e. The lowest BCUT2D eigenvalue weighted by molar-refractivity contribution is 0.598. The third-order valence-corrected chi connectivity index (χ3v) is 4.44. The van der Waals surface area contributed by atoms with E-state index in [-0.39, 0.29) is 15.6 Å². The lowest BCUT2D eigenvalue weighted by atomic mass is 10.3. The molecule has 0 radical (unpaired) electrons. The maximum Gasteiger partial charge on any atom is 0.261 e. The minimum atomic E-state index is -3.82. The maximum absolute atomic E-state index is 13.5. The summed E-state index contributed by atoms with van der Waals surface area (Å²) in [5, 5.41) is 0.198. The molecule has 2 aromatic carbocycles. The Morgan fingerprint density at radius 1 is 1.11 bits per heavy atom. The minimum absolute atomic E-state index is 0.0463. The molecule has 0 aliphatic heterocycles. The summed E-state index contributed by atoms with van der Waals surface area (Å²) in [5.74, 6) is -0.729. The fraction of sp³-hybridized carbons (Fsp3) is 0. The maximum atomic E-state index is 13.5. The van der Waals surface area contributed by atoms with Crippen molar-refractivity contribution >= 4 is 43.2 Å². The quantitative estimate of drug-likeness (QED) is 0.893. The van der Waals surface area contributed by atoms with Crippen LogP contribution < -0.4 is 4.72 Å². The van der Waals surface area contributed by atoms with E-state index in [9.17, 15) is 12.8 Å². The van der Waals surface area contributed by atoms with Gasteiger partial charge in [-0.05, 0) is 42.5 Å². The van der Waals surface area contributed by atoms with E-state index in [1.54, 1.807) is 12.1 Å². The van der Waals surface area contributed by atoms with Gasteiger partial charge in [-0.1, -0.05) is 27.5 Å². The van der Waals surface area contributed by atoms with Crippen LogP contribution in [0.1, 0.15) is 0 Å². The number of sulfonamides is 1. The van der Waals surface area contributed by atoms with Crippen LogP contribution in [0.5, 0.6) is 0 Å². The molecule has 0 spiro atoms. The van der Waals surface area contributed by atoms with E-state index in [1.165, 1.54) is 24.3 Å². The van der Waals surface area contributed by atoms with E-state index >= 15 is 0 Å². The third kappa shape index (κ3) is 3.46. The Morgan fingerprint density at radius 2 is 1.74 bits per heavy atom. The number of benzene rings is 2. The van der Waals surface area contributed by atoms with Gasteiger partial charge in [-0.3, -0.25) is 4.72 Å². The second kappa shape index (κ2) is 5.48. The van der Waals surface area contributed by atoms with E-state index in [4.69, 9.17) is 11.6 Å². The number of halogens is 3. The number of hydrogen-bond acceptors (Lipinski definition) is 2. The van der Waals surface area contributed by atoms with Gasteiger partial charge >= 0.3 is 0 Å². The number of rotatable bonds is 3. The summed E-state index contributed by atoms with van der Waals surface area (Å²) in [4.78, 5) is 0.0463. The van der Waals surface area contributed by atoms with Crippen LogP contribution in [-0.2, 0) is 10.0 Å². The molecule has 0 bridgehead atoms. The van der Waals surface area contributed by atoms with Crippen molar-refractivity contribution in [2.45, 2.75) is 4.90 Å². The van der Waals surface area contributed by atoms with E-state index < -0.39 is 15.8 Å². The smallest absolute Gasteiger partial charge is 0.261 e. The Kier molecular flexibility index (Phi) is 4.13. The van der Waals surface area contributed by atoms with Crippen LogP contribution in [0.25, 0.3) is 0 Å². The molecule has 3 nitrogen and oxygen atoms in total.